The van der Waals surface area contributed by atoms with E-state index in [-0.39, 0.29) is 12.1 Å². The summed E-state index contributed by atoms with van der Waals surface area (Å²) in [6.07, 6.45) is 4.63. The average molecular weight is 143 g/mol. The Kier molecular flexibility index (Phi) is 2.32. The molecule has 2 heteroatoms. The Morgan fingerprint density at radius 1 is 1.60 bits per heavy atom. The molecule has 1 fully saturated rings. The fourth-order valence-corrected chi connectivity index (χ4v) is 1.73. The minimum atomic E-state index is -0.104. The van der Waals surface area contributed by atoms with Crippen LogP contribution < -0.4 is 5.73 Å². The number of aliphatic hydroxyl groups excluding tert-OH is 1. The number of nitrogens with two attached hydrogens (primary N) is 1. The van der Waals surface area contributed by atoms with Gasteiger partial charge in [0.1, 0.15) is 0 Å². The van der Waals surface area contributed by atoms with Gasteiger partial charge < -0.3 is 10.8 Å². The van der Waals surface area contributed by atoms with E-state index in [4.69, 9.17) is 10.8 Å². The molecule has 0 heterocycles. The van der Waals surface area contributed by atoms with Crippen molar-refractivity contribution in [3.8, 4) is 0 Å². The highest BCUT2D eigenvalue weighted by molar-refractivity contribution is 4.89. The Morgan fingerprint density at radius 3 is 2.70 bits per heavy atom. The Balaban J connectivity index is 2.51. The highest BCUT2D eigenvalue weighted by Gasteiger charge is 2.31. The van der Waals surface area contributed by atoms with Gasteiger partial charge in [-0.2, -0.15) is 0 Å². The van der Waals surface area contributed by atoms with E-state index in [1.54, 1.807) is 0 Å². The monoisotopic (exact) mass is 143 g/mol. The SMILES string of the molecule is C[C@@]1(N)CCCC[C@H]1CO. The Morgan fingerprint density at radius 2 is 2.30 bits per heavy atom. The van der Waals surface area contributed by atoms with Crippen LogP contribution in [0.3, 0.4) is 0 Å². The molecule has 0 spiro atoms. The second-order valence-corrected chi connectivity index (χ2v) is 3.63. The third kappa shape index (κ3) is 1.50. The zero-order chi connectivity index (χ0) is 7.61. The second kappa shape index (κ2) is 2.89. The van der Waals surface area contributed by atoms with Crippen LogP contribution in [0.1, 0.15) is 32.6 Å². The van der Waals surface area contributed by atoms with Crippen LogP contribution in [0.2, 0.25) is 0 Å². The number of hydrogen-bond donors (Lipinski definition) is 2. The third-order valence-electron chi connectivity index (χ3n) is 2.67. The first-order valence-electron chi connectivity index (χ1n) is 4.06. The minimum Gasteiger partial charge on any atom is -0.396 e. The van der Waals surface area contributed by atoms with Gasteiger partial charge >= 0.3 is 0 Å². The molecule has 10 heavy (non-hydrogen) atoms. The Labute approximate surface area is 62.4 Å². The standard InChI is InChI=1S/C8H17NO/c1-8(9)5-3-2-4-7(8)6-10/h7,10H,2-6,9H2,1H3/t7-,8+/m0/s1. The first-order chi connectivity index (χ1) is 4.67. The van der Waals surface area contributed by atoms with Crippen molar-refractivity contribution in [1.82, 2.24) is 0 Å². The van der Waals surface area contributed by atoms with E-state index >= 15 is 0 Å². The molecule has 0 aliphatic heterocycles. The maximum Gasteiger partial charge on any atom is 0.0476 e. The van der Waals surface area contributed by atoms with Crippen LogP contribution in [0, 0.1) is 5.92 Å². The van der Waals surface area contributed by atoms with Crippen LogP contribution in [0.4, 0.5) is 0 Å². The first kappa shape index (κ1) is 8.02. The molecule has 1 aliphatic carbocycles. The average Bonchev–Trinajstić information content (AvgIpc) is 1.87. The molecule has 0 bridgehead atoms. The maximum atomic E-state index is 8.95. The van der Waals surface area contributed by atoms with Crippen LogP contribution in [-0.2, 0) is 0 Å². The van der Waals surface area contributed by atoms with Crippen molar-refractivity contribution in [3.05, 3.63) is 0 Å². The van der Waals surface area contributed by atoms with E-state index in [1.165, 1.54) is 12.8 Å². The van der Waals surface area contributed by atoms with E-state index in [0.717, 1.165) is 12.8 Å². The van der Waals surface area contributed by atoms with Gasteiger partial charge in [-0.05, 0) is 25.7 Å². The number of rotatable bonds is 1. The van der Waals surface area contributed by atoms with Crippen molar-refractivity contribution in [1.29, 1.82) is 0 Å². The lowest BCUT2D eigenvalue weighted by molar-refractivity contribution is 0.120. The smallest absolute Gasteiger partial charge is 0.0476 e. The molecule has 0 amide bonds. The highest BCUT2D eigenvalue weighted by atomic mass is 16.3. The fraction of sp³-hybridized carbons (Fsp3) is 1.00. The van der Waals surface area contributed by atoms with Gasteiger partial charge in [0.25, 0.3) is 0 Å². The second-order valence-electron chi connectivity index (χ2n) is 3.63. The summed E-state index contributed by atoms with van der Waals surface area (Å²) in [5.74, 6) is 0.334. The molecule has 3 N–H and O–H groups in total. The van der Waals surface area contributed by atoms with Crippen molar-refractivity contribution < 1.29 is 5.11 Å². The predicted octanol–water partition coefficient (Wildman–Crippen LogP) is 0.886. The van der Waals surface area contributed by atoms with Gasteiger partial charge in [-0.25, -0.2) is 0 Å². The van der Waals surface area contributed by atoms with Gasteiger partial charge in [0.15, 0.2) is 0 Å². The summed E-state index contributed by atoms with van der Waals surface area (Å²) in [7, 11) is 0. The number of aliphatic hydroxyl groups is 1. The van der Waals surface area contributed by atoms with Crippen LogP contribution in [0.5, 0.6) is 0 Å². The third-order valence-corrected chi connectivity index (χ3v) is 2.67. The van der Waals surface area contributed by atoms with Gasteiger partial charge in [-0.1, -0.05) is 12.8 Å². The summed E-state index contributed by atoms with van der Waals surface area (Å²) in [6.45, 7) is 2.31. The molecule has 1 aliphatic rings. The van der Waals surface area contributed by atoms with E-state index in [1.807, 2.05) is 6.92 Å². The molecule has 0 aromatic rings. The van der Waals surface area contributed by atoms with Gasteiger partial charge in [-0.15, -0.1) is 0 Å². The summed E-state index contributed by atoms with van der Waals surface area (Å²) >= 11 is 0. The molecule has 60 valence electrons. The van der Waals surface area contributed by atoms with Gasteiger partial charge in [0.2, 0.25) is 0 Å². The molecule has 0 unspecified atom stereocenters. The van der Waals surface area contributed by atoms with Gasteiger partial charge in [0, 0.05) is 12.1 Å². The van der Waals surface area contributed by atoms with Gasteiger partial charge in [0.05, 0.1) is 0 Å². The molecule has 0 radical (unpaired) electrons. The molecule has 2 atom stereocenters. The van der Waals surface area contributed by atoms with Crippen LogP contribution in [0.15, 0.2) is 0 Å². The molecule has 0 saturated heterocycles. The van der Waals surface area contributed by atoms with Crippen molar-refractivity contribution in [2.24, 2.45) is 11.7 Å². The Bertz CT molecular complexity index is 112. The van der Waals surface area contributed by atoms with Crippen LogP contribution >= 0.6 is 0 Å². The maximum absolute atomic E-state index is 8.95. The van der Waals surface area contributed by atoms with Crippen LogP contribution in [-0.4, -0.2) is 17.3 Å². The molecular weight excluding hydrogens is 126 g/mol. The first-order valence-corrected chi connectivity index (χ1v) is 4.06. The van der Waals surface area contributed by atoms with E-state index in [9.17, 15) is 0 Å². The van der Waals surface area contributed by atoms with E-state index in [0.29, 0.717) is 5.92 Å². The molecule has 1 rings (SSSR count). The Hall–Kier alpha value is -0.0800. The molecule has 2 nitrogen and oxygen atoms in total. The zero-order valence-corrected chi connectivity index (χ0v) is 6.64. The molecule has 1 saturated carbocycles. The van der Waals surface area contributed by atoms with Crippen molar-refractivity contribution in [2.75, 3.05) is 6.61 Å². The van der Waals surface area contributed by atoms with Crippen molar-refractivity contribution >= 4 is 0 Å². The fourth-order valence-electron chi connectivity index (χ4n) is 1.73. The number of hydrogen-bond acceptors (Lipinski definition) is 2. The summed E-state index contributed by atoms with van der Waals surface area (Å²) < 4.78 is 0. The lowest BCUT2D eigenvalue weighted by atomic mass is 9.75. The summed E-state index contributed by atoms with van der Waals surface area (Å²) in [4.78, 5) is 0. The predicted molar refractivity (Wildman–Crippen MR) is 41.6 cm³/mol. The highest BCUT2D eigenvalue weighted by Crippen LogP contribution is 2.30. The van der Waals surface area contributed by atoms with Crippen molar-refractivity contribution in [2.45, 2.75) is 38.1 Å². The van der Waals surface area contributed by atoms with E-state index < -0.39 is 0 Å². The van der Waals surface area contributed by atoms with Crippen LogP contribution in [0.25, 0.3) is 0 Å². The lowest BCUT2D eigenvalue weighted by Crippen LogP contribution is -2.47. The summed E-state index contributed by atoms with van der Waals surface area (Å²) in [5, 5.41) is 8.95. The largest absolute Gasteiger partial charge is 0.396 e. The lowest BCUT2D eigenvalue weighted by Gasteiger charge is -2.37. The van der Waals surface area contributed by atoms with Gasteiger partial charge in [-0.3, -0.25) is 0 Å². The molecule has 0 aromatic heterocycles. The quantitative estimate of drug-likeness (QED) is 0.572. The molecular formula is C8H17NO. The topological polar surface area (TPSA) is 46.2 Å². The minimum absolute atomic E-state index is 0.104. The molecule has 0 aromatic carbocycles. The normalized spacial score (nSPS) is 41.7. The zero-order valence-electron chi connectivity index (χ0n) is 6.64. The van der Waals surface area contributed by atoms with Crippen molar-refractivity contribution in [3.63, 3.8) is 0 Å². The van der Waals surface area contributed by atoms with E-state index in [2.05, 4.69) is 0 Å². The summed E-state index contributed by atoms with van der Waals surface area (Å²) in [5.41, 5.74) is 5.87. The summed E-state index contributed by atoms with van der Waals surface area (Å²) in [6, 6.07) is 0.